The first kappa shape index (κ1) is 11.8. The minimum atomic E-state index is -0.0800. The lowest BCUT2D eigenvalue weighted by Crippen LogP contribution is -2.56. The Morgan fingerprint density at radius 1 is 1.50 bits per heavy atom. The van der Waals surface area contributed by atoms with E-state index in [1.807, 2.05) is 0 Å². The van der Waals surface area contributed by atoms with E-state index in [1.54, 1.807) is 0 Å². The Morgan fingerprint density at radius 2 is 2.38 bits per heavy atom. The first-order chi connectivity index (χ1) is 7.83. The Morgan fingerprint density at radius 3 is 3.19 bits per heavy atom. The first-order valence-electron chi connectivity index (χ1n) is 6.05. The van der Waals surface area contributed by atoms with Crippen molar-refractivity contribution in [2.75, 3.05) is 32.9 Å². The van der Waals surface area contributed by atoms with Gasteiger partial charge in [-0.1, -0.05) is 0 Å². The van der Waals surface area contributed by atoms with Crippen molar-refractivity contribution < 1.29 is 14.6 Å². The molecule has 16 heavy (non-hydrogen) atoms. The van der Waals surface area contributed by atoms with Gasteiger partial charge in [0.1, 0.15) is 0 Å². The van der Waals surface area contributed by atoms with Gasteiger partial charge in [-0.15, -0.1) is 0 Å². The Labute approximate surface area is 95.8 Å². The highest BCUT2D eigenvalue weighted by Crippen LogP contribution is 2.17. The summed E-state index contributed by atoms with van der Waals surface area (Å²) in [4.78, 5) is 14.0. The number of ether oxygens (including phenoxy) is 1. The van der Waals surface area contributed by atoms with Gasteiger partial charge in [0.15, 0.2) is 0 Å². The Balaban J connectivity index is 2.04. The minimum absolute atomic E-state index is 0.0254. The number of carbonyl (C=O) groups is 1. The molecule has 1 amide bonds. The van der Waals surface area contributed by atoms with Crippen LogP contribution in [0.5, 0.6) is 0 Å². The predicted octanol–water partition coefficient (Wildman–Crippen LogP) is -0.652. The number of nitrogens with one attached hydrogen (secondary N) is 1. The summed E-state index contributed by atoms with van der Waals surface area (Å²) in [5.41, 5.74) is 0. The van der Waals surface area contributed by atoms with Crippen molar-refractivity contribution in [1.29, 1.82) is 0 Å². The van der Waals surface area contributed by atoms with Crippen molar-refractivity contribution >= 4 is 5.91 Å². The van der Waals surface area contributed by atoms with Gasteiger partial charge in [0.2, 0.25) is 5.91 Å². The summed E-state index contributed by atoms with van der Waals surface area (Å²) in [6, 6.07) is -0.105. The third-order valence-corrected chi connectivity index (χ3v) is 3.39. The van der Waals surface area contributed by atoms with Crippen LogP contribution in [-0.4, -0.2) is 60.9 Å². The number of hydrogen-bond donors (Lipinski definition) is 2. The Kier molecular flexibility index (Phi) is 4.15. The largest absolute Gasteiger partial charge is 0.395 e. The van der Waals surface area contributed by atoms with Crippen molar-refractivity contribution in [3.63, 3.8) is 0 Å². The summed E-state index contributed by atoms with van der Waals surface area (Å²) < 4.78 is 5.33. The zero-order valence-corrected chi connectivity index (χ0v) is 9.52. The minimum Gasteiger partial charge on any atom is -0.395 e. The van der Waals surface area contributed by atoms with Gasteiger partial charge in [-0.2, -0.15) is 0 Å². The van der Waals surface area contributed by atoms with E-state index >= 15 is 0 Å². The lowest BCUT2D eigenvalue weighted by Gasteiger charge is -2.38. The van der Waals surface area contributed by atoms with E-state index in [0.717, 1.165) is 32.4 Å². The van der Waals surface area contributed by atoms with Crippen molar-refractivity contribution in [2.45, 2.75) is 31.3 Å². The van der Waals surface area contributed by atoms with Crippen LogP contribution in [0.2, 0.25) is 0 Å². The predicted molar refractivity (Wildman–Crippen MR) is 59.0 cm³/mol. The van der Waals surface area contributed by atoms with E-state index in [-0.39, 0.29) is 24.6 Å². The average molecular weight is 228 g/mol. The van der Waals surface area contributed by atoms with Gasteiger partial charge in [0.25, 0.3) is 0 Å². The fraction of sp³-hybridized carbons (Fsp3) is 0.909. The molecule has 2 rings (SSSR count). The van der Waals surface area contributed by atoms with Crippen molar-refractivity contribution in [3.8, 4) is 0 Å². The van der Waals surface area contributed by atoms with E-state index in [0.29, 0.717) is 13.2 Å². The van der Waals surface area contributed by atoms with Crippen molar-refractivity contribution in [3.05, 3.63) is 0 Å². The average Bonchev–Trinajstić information content (AvgIpc) is 2.54. The summed E-state index contributed by atoms with van der Waals surface area (Å²) in [6.07, 6.45) is 3.01. The van der Waals surface area contributed by atoms with Gasteiger partial charge in [0.05, 0.1) is 31.9 Å². The fourth-order valence-corrected chi connectivity index (χ4v) is 2.48. The molecule has 2 atom stereocenters. The molecule has 0 saturated carbocycles. The maximum absolute atomic E-state index is 11.9. The monoisotopic (exact) mass is 228 g/mol. The zero-order valence-electron chi connectivity index (χ0n) is 9.52. The van der Waals surface area contributed by atoms with Crippen LogP contribution in [0.4, 0.5) is 0 Å². The molecule has 5 nitrogen and oxygen atoms in total. The molecule has 0 bridgehead atoms. The van der Waals surface area contributed by atoms with Gasteiger partial charge < -0.3 is 15.2 Å². The highest BCUT2D eigenvalue weighted by Gasteiger charge is 2.33. The van der Waals surface area contributed by atoms with Gasteiger partial charge in [0, 0.05) is 13.1 Å². The SMILES string of the molecule is O=C1NCCCCC1N1CCOCC1CO. The van der Waals surface area contributed by atoms with Crippen LogP contribution in [0.25, 0.3) is 0 Å². The number of carbonyl (C=O) groups excluding carboxylic acids is 1. The van der Waals surface area contributed by atoms with Crippen LogP contribution < -0.4 is 5.32 Å². The quantitative estimate of drug-likeness (QED) is 0.659. The molecular weight excluding hydrogens is 208 g/mol. The van der Waals surface area contributed by atoms with E-state index in [4.69, 9.17) is 4.74 Å². The standard InChI is InChI=1S/C11H20N2O3/c14-7-9-8-16-6-5-13(9)10-3-1-2-4-12-11(10)15/h9-10,14H,1-8H2,(H,12,15). The molecule has 2 heterocycles. The maximum Gasteiger partial charge on any atom is 0.237 e. The van der Waals surface area contributed by atoms with Crippen LogP contribution in [-0.2, 0) is 9.53 Å². The molecule has 2 fully saturated rings. The second-order valence-electron chi connectivity index (χ2n) is 4.45. The molecule has 0 aromatic rings. The highest BCUT2D eigenvalue weighted by molar-refractivity contribution is 5.82. The molecule has 2 N–H and O–H groups in total. The molecule has 0 aliphatic carbocycles. The molecule has 92 valence electrons. The van der Waals surface area contributed by atoms with Gasteiger partial charge in [-0.25, -0.2) is 0 Å². The number of hydrogen-bond acceptors (Lipinski definition) is 4. The van der Waals surface area contributed by atoms with Crippen LogP contribution >= 0.6 is 0 Å². The fourth-order valence-electron chi connectivity index (χ4n) is 2.48. The van der Waals surface area contributed by atoms with Gasteiger partial charge >= 0.3 is 0 Å². The summed E-state index contributed by atoms with van der Waals surface area (Å²) >= 11 is 0. The molecular formula is C11H20N2O3. The third-order valence-electron chi connectivity index (χ3n) is 3.39. The zero-order chi connectivity index (χ0) is 11.4. The highest BCUT2D eigenvalue weighted by atomic mass is 16.5. The van der Waals surface area contributed by atoms with Crippen LogP contribution in [0.1, 0.15) is 19.3 Å². The second kappa shape index (κ2) is 5.61. The second-order valence-corrected chi connectivity index (χ2v) is 4.45. The lowest BCUT2D eigenvalue weighted by molar-refractivity contribution is -0.131. The van der Waals surface area contributed by atoms with Crippen molar-refractivity contribution in [1.82, 2.24) is 10.2 Å². The summed E-state index contributed by atoms with van der Waals surface area (Å²) in [7, 11) is 0. The smallest absolute Gasteiger partial charge is 0.237 e. The van der Waals surface area contributed by atoms with E-state index < -0.39 is 0 Å². The Hall–Kier alpha value is -0.650. The van der Waals surface area contributed by atoms with Crippen LogP contribution in [0.15, 0.2) is 0 Å². The maximum atomic E-state index is 11.9. The van der Waals surface area contributed by atoms with E-state index in [1.165, 1.54) is 0 Å². The molecule has 2 aliphatic rings. The van der Waals surface area contributed by atoms with Crippen molar-refractivity contribution in [2.24, 2.45) is 0 Å². The third kappa shape index (κ3) is 2.53. The summed E-state index contributed by atoms with van der Waals surface area (Å²) in [5.74, 6) is 0.109. The number of aliphatic hydroxyl groups is 1. The topological polar surface area (TPSA) is 61.8 Å². The Bertz CT molecular complexity index is 247. The number of morpholine rings is 1. The number of nitrogens with zero attached hydrogens (tertiary/aromatic N) is 1. The van der Waals surface area contributed by atoms with Crippen LogP contribution in [0.3, 0.4) is 0 Å². The molecule has 0 radical (unpaired) electrons. The first-order valence-corrected chi connectivity index (χ1v) is 6.05. The number of amides is 1. The molecule has 5 heteroatoms. The normalized spacial score (nSPS) is 33.2. The van der Waals surface area contributed by atoms with E-state index in [2.05, 4.69) is 10.2 Å². The lowest BCUT2D eigenvalue weighted by atomic mass is 10.1. The molecule has 2 unspecified atom stereocenters. The van der Waals surface area contributed by atoms with Gasteiger partial charge in [-0.05, 0) is 19.3 Å². The molecule has 2 saturated heterocycles. The number of aliphatic hydroxyl groups excluding tert-OH is 1. The van der Waals surface area contributed by atoms with Crippen LogP contribution in [0, 0.1) is 0 Å². The molecule has 0 aromatic heterocycles. The molecule has 0 spiro atoms. The number of rotatable bonds is 2. The van der Waals surface area contributed by atoms with E-state index in [9.17, 15) is 9.90 Å². The summed E-state index contributed by atoms with van der Waals surface area (Å²) in [6.45, 7) is 2.76. The molecule has 0 aromatic carbocycles. The summed E-state index contributed by atoms with van der Waals surface area (Å²) in [5, 5.41) is 12.2. The molecule has 2 aliphatic heterocycles. The van der Waals surface area contributed by atoms with Gasteiger partial charge in [-0.3, -0.25) is 9.69 Å².